The Balaban J connectivity index is 1.52. The molecule has 2 aromatic rings. The van der Waals surface area contributed by atoms with Crippen molar-refractivity contribution in [1.82, 2.24) is 5.01 Å². The lowest BCUT2D eigenvalue weighted by Crippen LogP contribution is -2.36. The SMILES string of the molecule is O=C(Nc1ccccc1N1CCCC1=O)C1=NN(Cc2ccccc2)C(=O)CC1. The second kappa shape index (κ2) is 8.26. The van der Waals surface area contributed by atoms with Gasteiger partial charge in [0.1, 0.15) is 5.71 Å². The first-order valence-electron chi connectivity index (χ1n) is 9.74. The summed E-state index contributed by atoms with van der Waals surface area (Å²) < 4.78 is 0. The van der Waals surface area contributed by atoms with Crippen molar-refractivity contribution in [3.63, 3.8) is 0 Å². The maximum atomic E-state index is 12.8. The van der Waals surface area contributed by atoms with Crippen LogP contribution in [0, 0.1) is 0 Å². The van der Waals surface area contributed by atoms with E-state index < -0.39 is 0 Å². The molecule has 4 rings (SSSR count). The highest BCUT2D eigenvalue weighted by molar-refractivity contribution is 6.43. The third kappa shape index (κ3) is 4.18. The average Bonchev–Trinajstić information content (AvgIpc) is 3.16. The summed E-state index contributed by atoms with van der Waals surface area (Å²) in [6.07, 6.45) is 1.86. The molecule has 1 fully saturated rings. The van der Waals surface area contributed by atoms with Gasteiger partial charge in [0.25, 0.3) is 5.91 Å². The van der Waals surface area contributed by atoms with Crippen LogP contribution in [-0.2, 0) is 20.9 Å². The molecule has 0 spiro atoms. The summed E-state index contributed by atoms with van der Waals surface area (Å²) in [7, 11) is 0. The van der Waals surface area contributed by atoms with Crippen LogP contribution in [0.25, 0.3) is 0 Å². The predicted molar refractivity (Wildman–Crippen MR) is 110 cm³/mol. The molecule has 7 nitrogen and oxygen atoms in total. The molecule has 2 heterocycles. The van der Waals surface area contributed by atoms with Gasteiger partial charge in [0.15, 0.2) is 0 Å². The van der Waals surface area contributed by atoms with Crippen molar-refractivity contribution in [1.29, 1.82) is 0 Å². The molecule has 0 saturated carbocycles. The maximum Gasteiger partial charge on any atom is 0.271 e. The van der Waals surface area contributed by atoms with E-state index in [9.17, 15) is 14.4 Å². The number of para-hydroxylation sites is 2. The summed E-state index contributed by atoms with van der Waals surface area (Å²) >= 11 is 0. The van der Waals surface area contributed by atoms with E-state index in [2.05, 4.69) is 10.4 Å². The van der Waals surface area contributed by atoms with Gasteiger partial charge in [-0.2, -0.15) is 5.10 Å². The van der Waals surface area contributed by atoms with Crippen molar-refractivity contribution in [2.45, 2.75) is 32.2 Å². The Morgan fingerprint density at radius 3 is 2.45 bits per heavy atom. The summed E-state index contributed by atoms with van der Waals surface area (Å²) in [6, 6.07) is 16.8. The van der Waals surface area contributed by atoms with Crippen LogP contribution in [0.2, 0.25) is 0 Å². The standard InChI is InChI=1S/C22H22N4O3/c27-20-11-6-14-25(20)19-10-5-4-9-17(19)23-22(29)18-12-13-21(28)26(24-18)15-16-7-2-1-3-8-16/h1-5,7-10H,6,11-15H2,(H,23,29). The number of hydrogen-bond donors (Lipinski definition) is 1. The van der Waals surface area contributed by atoms with Gasteiger partial charge in [0.05, 0.1) is 17.9 Å². The number of hydrazone groups is 1. The van der Waals surface area contributed by atoms with E-state index in [1.54, 1.807) is 11.0 Å². The highest BCUT2D eigenvalue weighted by Gasteiger charge is 2.27. The molecule has 2 aliphatic heterocycles. The average molecular weight is 390 g/mol. The molecule has 148 valence electrons. The zero-order chi connectivity index (χ0) is 20.2. The molecule has 2 aliphatic rings. The van der Waals surface area contributed by atoms with Gasteiger partial charge in [-0.1, -0.05) is 42.5 Å². The van der Waals surface area contributed by atoms with Gasteiger partial charge >= 0.3 is 0 Å². The van der Waals surface area contributed by atoms with E-state index in [1.165, 1.54) is 5.01 Å². The summed E-state index contributed by atoms with van der Waals surface area (Å²) in [5.41, 5.74) is 2.52. The zero-order valence-corrected chi connectivity index (χ0v) is 16.0. The van der Waals surface area contributed by atoms with E-state index in [-0.39, 0.29) is 24.1 Å². The lowest BCUT2D eigenvalue weighted by molar-refractivity contribution is -0.132. The minimum Gasteiger partial charge on any atom is -0.319 e. The van der Waals surface area contributed by atoms with E-state index >= 15 is 0 Å². The van der Waals surface area contributed by atoms with Gasteiger partial charge in [-0.3, -0.25) is 14.4 Å². The molecule has 29 heavy (non-hydrogen) atoms. The number of hydrogen-bond acceptors (Lipinski definition) is 4. The molecule has 1 N–H and O–H groups in total. The highest BCUT2D eigenvalue weighted by Crippen LogP contribution is 2.29. The van der Waals surface area contributed by atoms with E-state index in [0.717, 1.165) is 12.0 Å². The minimum atomic E-state index is -0.352. The van der Waals surface area contributed by atoms with Crippen molar-refractivity contribution >= 4 is 34.8 Å². The summed E-state index contributed by atoms with van der Waals surface area (Å²) in [4.78, 5) is 38.9. The monoisotopic (exact) mass is 390 g/mol. The number of benzene rings is 2. The van der Waals surface area contributed by atoms with Crippen LogP contribution in [-0.4, -0.2) is 35.0 Å². The molecule has 1 saturated heterocycles. The zero-order valence-electron chi connectivity index (χ0n) is 16.0. The topological polar surface area (TPSA) is 82.1 Å². The van der Waals surface area contributed by atoms with Gasteiger partial charge in [0, 0.05) is 25.8 Å². The van der Waals surface area contributed by atoms with Crippen LogP contribution in [0.5, 0.6) is 0 Å². The Bertz CT molecular complexity index is 971. The molecule has 0 atom stereocenters. The van der Waals surface area contributed by atoms with Crippen LogP contribution in [0.3, 0.4) is 0 Å². The number of carbonyl (C=O) groups excluding carboxylic acids is 3. The lowest BCUT2D eigenvalue weighted by Gasteiger charge is -2.24. The maximum absolute atomic E-state index is 12.8. The lowest BCUT2D eigenvalue weighted by atomic mass is 10.1. The van der Waals surface area contributed by atoms with Crippen molar-refractivity contribution in [3.05, 3.63) is 60.2 Å². The van der Waals surface area contributed by atoms with E-state index in [1.807, 2.05) is 48.5 Å². The molecule has 2 aromatic carbocycles. The molecule has 7 heteroatoms. The fourth-order valence-corrected chi connectivity index (χ4v) is 3.56. The van der Waals surface area contributed by atoms with Crippen LogP contribution in [0.1, 0.15) is 31.2 Å². The fraction of sp³-hybridized carbons (Fsp3) is 0.273. The van der Waals surface area contributed by atoms with E-state index in [4.69, 9.17) is 0 Å². The Kier molecular flexibility index (Phi) is 5.37. The summed E-state index contributed by atoms with van der Waals surface area (Å²) in [5.74, 6) is -0.399. The second-order valence-electron chi connectivity index (χ2n) is 7.10. The quantitative estimate of drug-likeness (QED) is 0.852. The number of amides is 3. The third-order valence-electron chi connectivity index (χ3n) is 5.06. The first-order chi connectivity index (χ1) is 14.1. The van der Waals surface area contributed by atoms with Gasteiger partial charge in [-0.05, 0) is 24.1 Å². The Morgan fingerprint density at radius 2 is 1.69 bits per heavy atom. The van der Waals surface area contributed by atoms with Crippen molar-refractivity contribution in [2.24, 2.45) is 5.10 Å². The number of nitrogens with zero attached hydrogens (tertiary/aromatic N) is 3. The predicted octanol–water partition coefficient (Wildman–Crippen LogP) is 2.93. The van der Waals surface area contributed by atoms with Crippen LogP contribution in [0.4, 0.5) is 11.4 Å². The van der Waals surface area contributed by atoms with Crippen molar-refractivity contribution in [2.75, 3.05) is 16.8 Å². The summed E-state index contributed by atoms with van der Waals surface area (Å²) in [5, 5.41) is 8.53. The summed E-state index contributed by atoms with van der Waals surface area (Å²) in [6.45, 7) is 0.974. The Hall–Kier alpha value is -3.48. The van der Waals surface area contributed by atoms with Crippen molar-refractivity contribution in [3.8, 4) is 0 Å². The molecule has 0 aliphatic carbocycles. The van der Waals surface area contributed by atoms with Gasteiger partial charge < -0.3 is 10.2 Å². The second-order valence-corrected chi connectivity index (χ2v) is 7.10. The molecular formula is C22H22N4O3. The first kappa shape index (κ1) is 18.9. The molecule has 0 unspecified atom stereocenters. The Morgan fingerprint density at radius 1 is 0.931 bits per heavy atom. The van der Waals surface area contributed by atoms with Gasteiger partial charge in [-0.25, -0.2) is 5.01 Å². The van der Waals surface area contributed by atoms with E-state index in [0.29, 0.717) is 43.0 Å². The number of carbonyl (C=O) groups is 3. The largest absolute Gasteiger partial charge is 0.319 e. The molecule has 0 aromatic heterocycles. The smallest absolute Gasteiger partial charge is 0.271 e. The Labute approximate surface area is 169 Å². The number of rotatable bonds is 5. The van der Waals surface area contributed by atoms with Crippen molar-refractivity contribution < 1.29 is 14.4 Å². The fourth-order valence-electron chi connectivity index (χ4n) is 3.56. The third-order valence-corrected chi connectivity index (χ3v) is 5.06. The molecule has 3 amide bonds. The van der Waals surface area contributed by atoms with Crippen LogP contribution in [0.15, 0.2) is 59.7 Å². The van der Waals surface area contributed by atoms with Gasteiger partial charge in [-0.15, -0.1) is 0 Å². The molecular weight excluding hydrogens is 368 g/mol. The number of nitrogens with one attached hydrogen (secondary N) is 1. The van der Waals surface area contributed by atoms with Crippen LogP contribution >= 0.6 is 0 Å². The van der Waals surface area contributed by atoms with Gasteiger partial charge in [0.2, 0.25) is 11.8 Å². The normalized spacial score (nSPS) is 16.8. The number of anilines is 2. The highest BCUT2D eigenvalue weighted by atomic mass is 16.2. The minimum absolute atomic E-state index is 0.0568. The molecule has 0 bridgehead atoms. The van der Waals surface area contributed by atoms with Crippen LogP contribution < -0.4 is 10.2 Å². The molecule has 0 radical (unpaired) electrons. The first-order valence-corrected chi connectivity index (χ1v) is 9.74.